The highest BCUT2D eigenvalue weighted by molar-refractivity contribution is 8.06. The molecule has 1 saturated heterocycles. The second-order valence-electron chi connectivity index (χ2n) is 6.99. The number of hydrogen-bond acceptors (Lipinski definition) is 13. The Morgan fingerprint density at radius 2 is 2.12 bits per heavy atom. The number of oxime groups is 1. The Balaban J connectivity index is 1.42. The molecule has 0 radical (unpaired) electrons. The van der Waals surface area contributed by atoms with Gasteiger partial charge in [-0.05, 0) is 6.42 Å². The van der Waals surface area contributed by atoms with Crippen LogP contribution in [0.2, 0.25) is 0 Å². The minimum atomic E-state index is -1.21. The maximum atomic E-state index is 12.8. The Labute approximate surface area is 209 Å². The first-order chi connectivity index (χ1) is 16.3. The third-order valence-electron chi connectivity index (χ3n) is 4.91. The summed E-state index contributed by atoms with van der Waals surface area (Å²) in [7, 11) is 0. The fourth-order valence-electron chi connectivity index (χ4n) is 3.36. The van der Waals surface area contributed by atoms with E-state index in [2.05, 4.69) is 20.4 Å². The van der Waals surface area contributed by atoms with Crippen molar-refractivity contribution in [2.24, 2.45) is 10.9 Å². The molecule has 7 N–H and O–H groups in total. The topological polar surface area (TPSA) is 197 Å². The normalized spacial score (nSPS) is 20.2. The molecular weight excluding hydrogens is 523 g/mol. The van der Waals surface area contributed by atoms with Gasteiger partial charge >= 0.3 is 5.97 Å². The van der Waals surface area contributed by atoms with Crippen molar-refractivity contribution in [1.29, 1.82) is 0 Å². The van der Waals surface area contributed by atoms with Crippen LogP contribution >= 0.6 is 46.2 Å². The molecule has 2 amide bonds. The first-order valence-corrected chi connectivity index (χ1v) is 13.5. The molecule has 2 aliphatic rings. The van der Waals surface area contributed by atoms with Crippen molar-refractivity contribution in [2.45, 2.75) is 24.4 Å². The Bertz CT molecular complexity index is 1190. The van der Waals surface area contributed by atoms with Gasteiger partial charge in [0.05, 0.1) is 5.69 Å². The summed E-state index contributed by atoms with van der Waals surface area (Å²) in [5, 5.41) is 28.3. The van der Waals surface area contributed by atoms with E-state index < -0.39 is 29.2 Å². The van der Waals surface area contributed by atoms with Crippen LogP contribution in [0.3, 0.4) is 0 Å². The third kappa shape index (κ3) is 4.76. The summed E-state index contributed by atoms with van der Waals surface area (Å²) in [6.07, 6.45) is 0.642. The number of carbonyl (C=O) groups is 3. The zero-order chi connectivity index (χ0) is 24.4. The summed E-state index contributed by atoms with van der Waals surface area (Å²) < 4.78 is 0. The van der Waals surface area contributed by atoms with E-state index in [1.807, 2.05) is 5.38 Å². The number of fused-ring (bicyclic) bond motifs is 1. The number of β-lactam (4-membered cyclic amide) rings is 1. The summed E-state index contributed by atoms with van der Waals surface area (Å²) in [4.78, 5) is 47.5. The number of nitrogens with zero attached hydrogens (tertiary/aromatic N) is 4. The number of nitrogen functional groups attached to an aromatic ring is 1. The third-order valence-corrected chi connectivity index (χ3v) is 9.06. The van der Waals surface area contributed by atoms with E-state index in [-0.39, 0.29) is 22.2 Å². The van der Waals surface area contributed by atoms with Gasteiger partial charge in [-0.3, -0.25) is 14.5 Å². The number of thiazole rings is 2. The highest BCUT2D eigenvalue weighted by Gasteiger charge is 2.54. The number of carbonyl (C=O) groups excluding carboxylic acids is 2. The van der Waals surface area contributed by atoms with E-state index in [9.17, 15) is 24.7 Å². The number of aliphatic carboxylic acids is 1. The van der Waals surface area contributed by atoms with Gasteiger partial charge in [-0.15, -0.1) is 46.2 Å². The van der Waals surface area contributed by atoms with Crippen molar-refractivity contribution >= 4 is 74.8 Å². The number of rotatable bonds is 9. The first kappa shape index (κ1) is 24.5. The molecule has 0 bridgehead atoms. The predicted molar refractivity (Wildman–Crippen MR) is 131 cm³/mol. The van der Waals surface area contributed by atoms with Crippen molar-refractivity contribution in [3.8, 4) is 0 Å². The second kappa shape index (κ2) is 10.3. The van der Waals surface area contributed by atoms with E-state index in [0.717, 1.165) is 22.0 Å². The maximum absolute atomic E-state index is 12.8. The van der Waals surface area contributed by atoms with Crippen molar-refractivity contribution in [2.75, 3.05) is 17.2 Å². The van der Waals surface area contributed by atoms with Gasteiger partial charge in [0.2, 0.25) is 0 Å². The predicted octanol–water partition coefficient (Wildman–Crippen LogP) is 0.491. The average molecular weight is 542 g/mol. The molecule has 2 aromatic heterocycles. The van der Waals surface area contributed by atoms with Gasteiger partial charge in [-0.1, -0.05) is 5.16 Å². The number of amides is 2. The van der Waals surface area contributed by atoms with E-state index in [1.165, 1.54) is 45.1 Å². The van der Waals surface area contributed by atoms with Crippen LogP contribution in [-0.4, -0.2) is 71.6 Å². The van der Waals surface area contributed by atoms with E-state index >= 15 is 0 Å². The molecule has 34 heavy (non-hydrogen) atoms. The highest BCUT2D eigenvalue weighted by Crippen LogP contribution is 2.43. The van der Waals surface area contributed by atoms with Crippen molar-refractivity contribution < 1.29 is 24.7 Å². The Hall–Kier alpha value is -2.66. The smallest absolute Gasteiger partial charge is 0.353 e. The van der Waals surface area contributed by atoms with Gasteiger partial charge in [0.15, 0.2) is 10.8 Å². The van der Waals surface area contributed by atoms with Gasteiger partial charge < -0.3 is 27.1 Å². The fourth-order valence-corrected chi connectivity index (χ4v) is 7.22. The molecule has 0 spiro atoms. The van der Waals surface area contributed by atoms with Crippen LogP contribution < -0.4 is 16.8 Å². The number of thioether (sulfide) groups is 2. The quantitative estimate of drug-likeness (QED) is 0.128. The minimum absolute atomic E-state index is 0.0749. The van der Waals surface area contributed by atoms with Crippen molar-refractivity contribution in [3.05, 3.63) is 37.8 Å². The lowest BCUT2D eigenvalue weighted by Gasteiger charge is -2.49. The molecule has 0 unspecified atom stereocenters. The Morgan fingerprint density at radius 1 is 1.32 bits per heavy atom. The van der Waals surface area contributed by atoms with E-state index in [4.69, 9.17) is 11.5 Å². The summed E-state index contributed by atoms with van der Waals surface area (Å²) in [6, 6.07) is -0.962. The van der Waals surface area contributed by atoms with Crippen molar-refractivity contribution in [1.82, 2.24) is 20.2 Å². The lowest BCUT2D eigenvalue weighted by molar-refractivity contribution is -0.150. The molecule has 0 aromatic carbocycles. The van der Waals surface area contributed by atoms with Gasteiger partial charge in [-0.25, -0.2) is 14.8 Å². The molecule has 0 saturated carbocycles. The lowest BCUT2D eigenvalue weighted by Crippen LogP contribution is -2.71. The Kier molecular flexibility index (Phi) is 7.42. The van der Waals surface area contributed by atoms with Crippen LogP contribution in [0.4, 0.5) is 5.13 Å². The number of aryl methyl sites for hydroxylation is 1. The molecule has 2 atom stereocenters. The average Bonchev–Trinajstić information content (AvgIpc) is 3.46. The molecule has 2 aromatic rings. The second-order valence-corrected chi connectivity index (χ2v) is 11.1. The molecule has 1 fully saturated rings. The first-order valence-electron chi connectivity index (χ1n) is 9.75. The van der Waals surface area contributed by atoms with Gasteiger partial charge in [-0.2, -0.15) is 0 Å². The van der Waals surface area contributed by atoms with E-state index in [1.54, 1.807) is 0 Å². The summed E-state index contributed by atoms with van der Waals surface area (Å²) in [5.41, 5.74) is 11.6. The molecule has 0 aliphatic carbocycles. The maximum Gasteiger partial charge on any atom is 0.353 e. The van der Waals surface area contributed by atoms with Gasteiger partial charge in [0.1, 0.15) is 27.8 Å². The number of carboxylic acid groups (broad SMARTS) is 1. The van der Waals surface area contributed by atoms with Gasteiger partial charge in [0, 0.05) is 33.7 Å². The summed E-state index contributed by atoms with van der Waals surface area (Å²) in [5.74, 6) is -1.60. The van der Waals surface area contributed by atoms with Crippen LogP contribution in [-0.2, 0) is 27.3 Å². The van der Waals surface area contributed by atoms with Crippen LogP contribution in [0.25, 0.3) is 0 Å². The summed E-state index contributed by atoms with van der Waals surface area (Å²) >= 11 is 5.27. The minimum Gasteiger partial charge on any atom is -0.477 e. The number of hydrogen-bond donors (Lipinski definition) is 5. The standard InChI is InChI=1S/C18H19N7O5S4/c19-3-10-21-7(4-32-10)1-2-31-9-6-33-16-12(15(27)25(16)13(9)17(28)29)23-14(26)11(24-30)8-5-34-18(20)22-8/h4-5,12,16,30H,1-3,6,19H2,(H2,20,22)(H,23,26)(H,28,29)/b24-11-/t12-,16-/m1/s1. The molecular formula is C18H19N7O5S4. The van der Waals surface area contributed by atoms with Crippen LogP contribution in [0, 0.1) is 0 Å². The molecule has 16 heteroatoms. The molecule has 4 heterocycles. The van der Waals surface area contributed by atoms with Crippen LogP contribution in [0.15, 0.2) is 26.5 Å². The lowest BCUT2D eigenvalue weighted by atomic mass is 10.0. The molecule has 180 valence electrons. The van der Waals surface area contributed by atoms with Gasteiger partial charge in [0.25, 0.3) is 11.8 Å². The zero-order valence-electron chi connectivity index (χ0n) is 17.3. The monoisotopic (exact) mass is 541 g/mol. The zero-order valence-corrected chi connectivity index (χ0v) is 20.6. The van der Waals surface area contributed by atoms with Crippen LogP contribution in [0.5, 0.6) is 0 Å². The number of carboxylic acids is 1. The van der Waals surface area contributed by atoms with Crippen LogP contribution in [0.1, 0.15) is 16.4 Å². The molecule has 2 aliphatic heterocycles. The SMILES string of the molecule is NCc1nc(CCSC2=C(C(=O)O)N3C(=O)[C@@H](NC(=O)/C(=N\O)c4csc(N)n4)[C@H]3SC2)cs1. The largest absolute Gasteiger partial charge is 0.477 e. The molecule has 4 rings (SSSR count). The number of nitrogens with two attached hydrogens (primary N) is 2. The molecule has 12 nitrogen and oxygen atoms in total. The number of nitrogens with one attached hydrogen (secondary N) is 1. The number of anilines is 1. The Morgan fingerprint density at radius 3 is 2.74 bits per heavy atom. The fraction of sp³-hybridized carbons (Fsp3) is 0.333. The van der Waals surface area contributed by atoms with E-state index in [0.29, 0.717) is 29.4 Å². The number of aromatic nitrogens is 2. The highest BCUT2D eigenvalue weighted by atomic mass is 32.2. The summed E-state index contributed by atoms with van der Waals surface area (Å²) in [6.45, 7) is 0.377. The van der Waals surface area contributed by atoms with Crippen molar-refractivity contribution in [3.63, 3.8) is 0 Å².